The van der Waals surface area contributed by atoms with Crippen molar-refractivity contribution in [1.29, 1.82) is 0 Å². The largest absolute Gasteiger partial charge is 0.314 e. The number of nitrogens with one attached hydrogen (secondary N) is 1. The topological polar surface area (TPSA) is 15.3 Å². The van der Waals surface area contributed by atoms with Gasteiger partial charge in [-0.3, -0.25) is 0 Å². The molecule has 1 aromatic rings. The van der Waals surface area contributed by atoms with Gasteiger partial charge in [-0.1, -0.05) is 18.2 Å². The summed E-state index contributed by atoms with van der Waals surface area (Å²) in [6.45, 7) is 5.12. The van der Waals surface area contributed by atoms with Crippen LogP contribution in [0, 0.1) is 5.92 Å². The van der Waals surface area contributed by atoms with E-state index in [0.29, 0.717) is 0 Å². The van der Waals surface area contributed by atoms with Crippen molar-refractivity contribution in [3.8, 4) is 0 Å². The summed E-state index contributed by atoms with van der Waals surface area (Å²) in [5, 5.41) is 4.56. The monoisotopic (exact) mass is 302 g/mol. The molecule has 2 nitrogen and oxygen atoms in total. The Kier molecular flexibility index (Phi) is 4.24. The smallest absolute Gasteiger partial charge is 0.0263 e. The molecular weight excluding hydrogens is 276 g/mol. The van der Waals surface area contributed by atoms with Crippen LogP contribution in [0.1, 0.15) is 31.2 Å². The molecule has 0 aromatic heterocycles. The molecule has 21 heavy (non-hydrogen) atoms. The number of likely N-dealkylation sites (tertiary alicyclic amines) is 1. The highest BCUT2D eigenvalue weighted by molar-refractivity contribution is 8.00. The molecule has 1 N–H and O–H groups in total. The number of benzene rings is 1. The minimum absolute atomic E-state index is 0.776. The summed E-state index contributed by atoms with van der Waals surface area (Å²) in [5.41, 5.74) is 1.56. The summed E-state index contributed by atoms with van der Waals surface area (Å²) in [7, 11) is 0. The van der Waals surface area contributed by atoms with Gasteiger partial charge in [0.25, 0.3) is 0 Å². The summed E-state index contributed by atoms with van der Waals surface area (Å²) in [4.78, 5) is 4.21. The minimum atomic E-state index is 0.776. The fourth-order valence-corrected chi connectivity index (χ4v) is 4.99. The zero-order valence-corrected chi connectivity index (χ0v) is 13.6. The molecule has 1 aromatic carbocycles. The average Bonchev–Trinajstić information content (AvgIpc) is 3.25. The van der Waals surface area contributed by atoms with Crippen LogP contribution in [-0.2, 0) is 6.42 Å². The van der Waals surface area contributed by atoms with Gasteiger partial charge in [-0.2, -0.15) is 0 Å². The molecule has 2 aliphatic heterocycles. The highest BCUT2D eigenvalue weighted by Gasteiger charge is 2.27. The molecule has 114 valence electrons. The fraction of sp³-hybridized carbons (Fsp3) is 0.667. The maximum Gasteiger partial charge on any atom is 0.0263 e. The van der Waals surface area contributed by atoms with E-state index >= 15 is 0 Å². The van der Waals surface area contributed by atoms with Crippen LogP contribution >= 0.6 is 11.8 Å². The maximum atomic E-state index is 3.78. The Morgan fingerprint density at radius 1 is 1.10 bits per heavy atom. The van der Waals surface area contributed by atoms with Crippen LogP contribution in [0.25, 0.3) is 0 Å². The second-order valence-corrected chi connectivity index (χ2v) is 8.32. The van der Waals surface area contributed by atoms with Gasteiger partial charge in [-0.25, -0.2) is 0 Å². The Labute approximate surface area is 132 Å². The first kappa shape index (κ1) is 14.1. The maximum absolute atomic E-state index is 3.78. The zero-order valence-electron chi connectivity index (χ0n) is 12.8. The van der Waals surface area contributed by atoms with Crippen LogP contribution in [0.5, 0.6) is 0 Å². The fourth-order valence-electron chi connectivity index (χ4n) is 3.62. The first-order valence-corrected chi connectivity index (χ1v) is 9.45. The van der Waals surface area contributed by atoms with Gasteiger partial charge >= 0.3 is 0 Å². The molecule has 2 heterocycles. The summed E-state index contributed by atoms with van der Waals surface area (Å²) in [6, 6.07) is 9.73. The number of rotatable bonds is 5. The van der Waals surface area contributed by atoms with Crippen LogP contribution in [0.2, 0.25) is 0 Å². The van der Waals surface area contributed by atoms with Crippen LogP contribution in [0.4, 0.5) is 0 Å². The van der Waals surface area contributed by atoms with Gasteiger partial charge < -0.3 is 10.2 Å². The van der Waals surface area contributed by atoms with Crippen molar-refractivity contribution in [2.24, 2.45) is 5.92 Å². The first-order chi connectivity index (χ1) is 10.4. The van der Waals surface area contributed by atoms with E-state index < -0.39 is 0 Å². The lowest BCUT2D eigenvalue weighted by molar-refractivity contribution is 0.198. The molecule has 3 heteroatoms. The van der Waals surface area contributed by atoms with Crippen molar-refractivity contribution in [2.45, 2.75) is 48.3 Å². The minimum Gasteiger partial charge on any atom is -0.314 e. The van der Waals surface area contributed by atoms with Crippen LogP contribution in [-0.4, -0.2) is 42.4 Å². The van der Waals surface area contributed by atoms with E-state index in [4.69, 9.17) is 0 Å². The third kappa shape index (κ3) is 3.64. The summed E-state index contributed by atoms with van der Waals surface area (Å²) >= 11 is 2.10. The van der Waals surface area contributed by atoms with E-state index in [1.807, 2.05) is 0 Å². The molecule has 1 aliphatic carbocycles. The van der Waals surface area contributed by atoms with Crippen molar-refractivity contribution in [1.82, 2.24) is 10.2 Å². The zero-order chi connectivity index (χ0) is 14.1. The Morgan fingerprint density at radius 3 is 2.67 bits per heavy atom. The third-order valence-electron chi connectivity index (χ3n) is 5.16. The molecule has 2 fully saturated rings. The van der Waals surface area contributed by atoms with E-state index in [1.54, 1.807) is 5.56 Å². The van der Waals surface area contributed by atoms with Gasteiger partial charge in [0.1, 0.15) is 0 Å². The highest BCUT2D eigenvalue weighted by atomic mass is 32.2. The molecule has 3 aliphatic rings. The number of nitrogens with zero attached hydrogens (tertiary/aromatic N) is 1. The number of piperidine rings is 1. The number of fused-ring (bicyclic) bond motifs is 1. The predicted octanol–water partition coefficient (Wildman–Crippen LogP) is 3.17. The number of hydrogen-bond donors (Lipinski definition) is 1. The quantitative estimate of drug-likeness (QED) is 0.899. The third-order valence-corrected chi connectivity index (χ3v) is 6.46. The summed E-state index contributed by atoms with van der Waals surface area (Å²) in [6.07, 6.45) is 6.88. The van der Waals surface area contributed by atoms with Crippen molar-refractivity contribution in [3.63, 3.8) is 0 Å². The van der Waals surface area contributed by atoms with E-state index in [2.05, 4.69) is 46.2 Å². The molecule has 4 rings (SSSR count). The van der Waals surface area contributed by atoms with Gasteiger partial charge in [0.05, 0.1) is 0 Å². The highest BCUT2D eigenvalue weighted by Crippen LogP contribution is 2.37. The SMILES string of the molecule is c1ccc2c(c1)CC(CN1CCC(NCC3CC3)CC1)S2. The molecule has 1 saturated heterocycles. The second-order valence-electron chi connectivity index (χ2n) is 6.98. The Hall–Kier alpha value is -0.510. The van der Waals surface area contributed by atoms with Crippen LogP contribution in [0.3, 0.4) is 0 Å². The van der Waals surface area contributed by atoms with Gasteiger partial charge in [0, 0.05) is 22.7 Å². The predicted molar refractivity (Wildman–Crippen MR) is 90.0 cm³/mol. The molecule has 0 amide bonds. The Balaban J connectivity index is 1.21. The van der Waals surface area contributed by atoms with E-state index in [-0.39, 0.29) is 0 Å². The first-order valence-electron chi connectivity index (χ1n) is 8.57. The Bertz CT molecular complexity index is 453. The van der Waals surface area contributed by atoms with E-state index in [0.717, 1.165) is 17.2 Å². The summed E-state index contributed by atoms with van der Waals surface area (Å²) in [5.74, 6) is 1.01. The van der Waals surface area contributed by atoms with E-state index in [9.17, 15) is 0 Å². The van der Waals surface area contributed by atoms with Gasteiger partial charge in [0.15, 0.2) is 0 Å². The van der Waals surface area contributed by atoms with Crippen molar-refractivity contribution < 1.29 is 0 Å². The number of thioether (sulfide) groups is 1. The molecule has 1 unspecified atom stereocenters. The molecule has 0 spiro atoms. The van der Waals surface area contributed by atoms with Crippen LogP contribution in [0.15, 0.2) is 29.2 Å². The summed E-state index contributed by atoms with van der Waals surface area (Å²) < 4.78 is 0. The van der Waals surface area contributed by atoms with Gasteiger partial charge in [0.2, 0.25) is 0 Å². The van der Waals surface area contributed by atoms with Crippen molar-refractivity contribution in [2.75, 3.05) is 26.2 Å². The van der Waals surface area contributed by atoms with Gasteiger partial charge in [-0.05, 0) is 69.3 Å². The average molecular weight is 302 g/mol. The molecule has 0 bridgehead atoms. The molecule has 1 atom stereocenters. The van der Waals surface area contributed by atoms with Crippen LogP contribution < -0.4 is 5.32 Å². The Morgan fingerprint density at radius 2 is 1.90 bits per heavy atom. The standard InChI is InChI=1S/C18H26N2S/c1-2-4-18-15(3-1)11-17(21-18)13-20-9-7-16(8-10-20)19-12-14-5-6-14/h1-4,14,16-17,19H,5-13H2. The van der Waals surface area contributed by atoms with Crippen molar-refractivity contribution in [3.05, 3.63) is 29.8 Å². The molecule has 0 radical (unpaired) electrons. The molecule has 1 saturated carbocycles. The molecular formula is C18H26N2S. The van der Waals surface area contributed by atoms with Crippen molar-refractivity contribution >= 4 is 11.8 Å². The van der Waals surface area contributed by atoms with E-state index in [1.165, 1.54) is 63.2 Å². The normalized spacial score (nSPS) is 27.0. The lowest BCUT2D eigenvalue weighted by atomic mass is 10.0. The van der Waals surface area contributed by atoms with Gasteiger partial charge in [-0.15, -0.1) is 11.8 Å². The number of hydrogen-bond acceptors (Lipinski definition) is 3. The lowest BCUT2D eigenvalue weighted by Gasteiger charge is -2.33. The second kappa shape index (κ2) is 6.31. The lowest BCUT2D eigenvalue weighted by Crippen LogP contribution is -2.44.